The maximum absolute atomic E-state index is 12.4. The minimum Gasteiger partial charge on any atom is -0.457 e. The van der Waals surface area contributed by atoms with Crippen LogP contribution in [0.3, 0.4) is 0 Å². The van der Waals surface area contributed by atoms with Crippen molar-refractivity contribution in [3.63, 3.8) is 0 Å². The lowest BCUT2D eigenvalue weighted by atomic mass is 10.2. The second-order valence-corrected chi connectivity index (χ2v) is 5.78. The van der Waals surface area contributed by atoms with Gasteiger partial charge in [0.1, 0.15) is 11.5 Å². The average molecular weight is 362 g/mol. The lowest BCUT2D eigenvalue weighted by Gasteiger charge is -2.10. The van der Waals surface area contributed by atoms with E-state index < -0.39 is 0 Å². The van der Waals surface area contributed by atoms with Crippen molar-refractivity contribution in [1.29, 1.82) is 0 Å². The SMILES string of the molecule is O=C(NCC#Cc1ccccc1Cl)c1ccccc1Oc1ccccc1. The van der Waals surface area contributed by atoms with Crippen LogP contribution in [-0.4, -0.2) is 12.5 Å². The number of ether oxygens (including phenoxy) is 1. The molecule has 0 aliphatic carbocycles. The number of carbonyl (C=O) groups excluding carboxylic acids is 1. The van der Waals surface area contributed by atoms with E-state index in [1.54, 1.807) is 24.3 Å². The van der Waals surface area contributed by atoms with Gasteiger partial charge in [-0.3, -0.25) is 4.79 Å². The number of benzene rings is 3. The van der Waals surface area contributed by atoms with E-state index in [1.807, 2.05) is 54.6 Å². The molecule has 128 valence electrons. The third-order valence-electron chi connectivity index (χ3n) is 3.54. The Kier molecular flexibility index (Phi) is 5.92. The number of amides is 1. The molecule has 0 aliphatic rings. The van der Waals surface area contributed by atoms with Gasteiger partial charge in [-0.1, -0.05) is 65.9 Å². The fourth-order valence-electron chi connectivity index (χ4n) is 2.28. The van der Waals surface area contributed by atoms with E-state index in [9.17, 15) is 4.79 Å². The van der Waals surface area contributed by atoms with Gasteiger partial charge in [0.2, 0.25) is 0 Å². The quantitative estimate of drug-likeness (QED) is 0.670. The van der Waals surface area contributed by atoms with E-state index in [0.29, 0.717) is 22.1 Å². The van der Waals surface area contributed by atoms with Gasteiger partial charge in [-0.05, 0) is 36.4 Å². The minimum absolute atomic E-state index is 0.212. The number of halogens is 1. The van der Waals surface area contributed by atoms with Crippen LogP contribution < -0.4 is 10.1 Å². The van der Waals surface area contributed by atoms with E-state index in [0.717, 1.165) is 5.56 Å². The van der Waals surface area contributed by atoms with Gasteiger partial charge < -0.3 is 10.1 Å². The first-order valence-electron chi connectivity index (χ1n) is 8.07. The lowest BCUT2D eigenvalue weighted by Crippen LogP contribution is -2.24. The van der Waals surface area contributed by atoms with Crippen molar-refractivity contribution in [2.24, 2.45) is 0 Å². The van der Waals surface area contributed by atoms with Crippen molar-refractivity contribution in [3.05, 3.63) is 95.0 Å². The van der Waals surface area contributed by atoms with Gasteiger partial charge in [0.15, 0.2) is 0 Å². The van der Waals surface area contributed by atoms with E-state index in [-0.39, 0.29) is 12.5 Å². The van der Waals surface area contributed by atoms with Gasteiger partial charge in [0, 0.05) is 5.56 Å². The summed E-state index contributed by atoms with van der Waals surface area (Å²) in [6.07, 6.45) is 0. The van der Waals surface area contributed by atoms with Gasteiger partial charge in [0.05, 0.1) is 17.1 Å². The van der Waals surface area contributed by atoms with Crippen LogP contribution in [-0.2, 0) is 0 Å². The molecular weight excluding hydrogens is 346 g/mol. The molecule has 1 amide bonds. The Morgan fingerprint density at radius 1 is 0.923 bits per heavy atom. The van der Waals surface area contributed by atoms with Gasteiger partial charge >= 0.3 is 0 Å². The zero-order chi connectivity index (χ0) is 18.2. The first-order valence-corrected chi connectivity index (χ1v) is 8.45. The van der Waals surface area contributed by atoms with Crippen LogP contribution in [0.2, 0.25) is 5.02 Å². The molecule has 0 fully saturated rings. The van der Waals surface area contributed by atoms with Crippen molar-refractivity contribution in [1.82, 2.24) is 5.32 Å². The van der Waals surface area contributed by atoms with Crippen molar-refractivity contribution in [3.8, 4) is 23.3 Å². The summed E-state index contributed by atoms with van der Waals surface area (Å²) in [4.78, 5) is 12.4. The Labute approximate surface area is 157 Å². The monoisotopic (exact) mass is 361 g/mol. The zero-order valence-electron chi connectivity index (χ0n) is 13.9. The van der Waals surface area contributed by atoms with E-state index in [1.165, 1.54) is 0 Å². The van der Waals surface area contributed by atoms with Crippen molar-refractivity contribution in [2.75, 3.05) is 6.54 Å². The molecule has 1 N–H and O–H groups in total. The predicted octanol–water partition coefficient (Wildman–Crippen LogP) is 4.91. The van der Waals surface area contributed by atoms with Crippen LogP contribution in [0, 0.1) is 11.8 Å². The molecule has 0 aromatic heterocycles. The second kappa shape index (κ2) is 8.75. The van der Waals surface area contributed by atoms with Gasteiger partial charge in [-0.25, -0.2) is 0 Å². The summed E-state index contributed by atoms with van der Waals surface area (Å²) in [6.45, 7) is 0.212. The highest BCUT2D eigenvalue weighted by molar-refractivity contribution is 6.31. The summed E-state index contributed by atoms with van der Waals surface area (Å²) in [6, 6.07) is 23.8. The first-order chi connectivity index (χ1) is 12.7. The van der Waals surface area contributed by atoms with Crippen LogP contribution in [0.5, 0.6) is 11.5 Å². The maximum Gasteiger partial charge on any atom is 0.255 e. The van der Waals surface area contributed by atoms with Crippen molar-refractivity contribution in [2.45, 2.75) is 0 Å². The third kappa shape index (κ3) is 4.66. The normalized spacial score (nSPS) is 9.73. The van der Waals surface area contributed by atoms with Crippen molar-refractivity contribution < 1.29 is 9.53 Å². The van der Waals surface area contributed by atoms with Gasteiger partial charge in [0.25, 0.3) is 5.91 Å². The summed E-state index contributed by atoms with van der Waals surface area (Å²) in [7, 11) is 0. The Morgan fingerprint density at radius 2 is 1.62 bits per heavy atom. The highest BCUT2D eigenvalue weighted by Gasteiger charge is 2.11. The van der Waals surface area contributed by atoms with Gasteiger partial charge in [-0.2, -0.15) is 0 Å². The number of para-hydroxylation sites is 2. The third-order valence-corrected chi connectivity index (χ3v) is 3.87. The molecule has 0 spiro atoms. The van der Waals surface area contributed by atoms with Crippen LogP contribution in [0.15, 0.2) is 78.9 Å². The number of carbonyl (C=O) groups is 1. The number of nitrogens with one attached hydrogen (secondary N) is 1. The van der Waals surface area contributed by atoms with E-state index >= 15 is 0 Å². The average Bonchev–Trinajstić information content (AvgIpc) is 2.67. The maximum atomic E-state index is 12.4. The van der Waals surface area contributed by atoms with Crippen molar-refractivity contribution >= 4 is 17.5 Å². The zero-order valence-corrected chi connectivity index (χ0v) is 14.7. The minimum atomic E-state index is -0.245. The second-order valence-electron chi connectivity index (χ2n) is 5.38. The number of rotatable bonds is 4. The summed E-state index contributed by atoms with van der Waals surface area (Å²) >= 11 is 6.05. The fourth-order valence-corrected chi connectivity index (χ4v) is 2.46. The van der Waals surface area contributed by atoms with Crippen LogP contribution in [0.4, 0.5) is 0 Å². The molecular formula is C22H16ClNO2. The largest absolute Gasteiger partial charge is 0.457 e. The molecule has 0 radical (unpaired) electrons. The predicted molar refractivity (Wildman–Crippen MR) is 104 cm³/mol. The molecule has 0 atom stereocenters. The number of hydrogen-bond acceptors (Lipinski definition) is 2. The molecule has 0 heterocycles. The smallest absolute Gasteiger partial charge is 0.255 e. The summed E-state index contributed by atoms with van der Waals surface area (Å²) in [5.41, 5.74) is 1.19. The molecule has 3 rings (SSSR count). The molecule has 3 aromatic carbocycles. The molecule has 0 bridgehead atoms. The molecule has 3 nitrogen and oxygen atoms in total. The fraction of sp³-hybridized carbons (Fsp3) is 0.0455. The highest BCUT2D eigenvalue weighted by atomic mass is 35.5. The molecule has 0 saturated carbocycles. The highest BCUT2D eigenvalue weighted by Crippen LogP contribution is 2.24. The Morgan fingerprint density at radius 3 is 2.42 bits per heavy atom. The van der Waals surface area contributed by atoms with E-state index in [4.69, 9.17) is 16.3 Å². The molecule has 3 aromatic rings. The Hall–Kier alpha value is -3.22. The molecule has 0 saturated heterocycles. The van der Waals surface area contributed by atoms with Gasteiger partial charge in [-0.15, -0.1) is 0 Å². The molecule has 26 heavy (non-hydrogen) atoms. The Balaban J connectivity index is 1.66. The standard InChI is InChI=1S/C22H16ClNO2/c23-20-14-6-4-9-17(20)10-8-16-24-22(25)19-13-5-7-15-21(19)26-18-11-2-1-3-12-18/h1-7,9,11-15H,16H2,(H,24,25). The summed E-state index contributed by atoms with van der Waals surface area (Å²) in [5.74, 6) is 6.77. The summed E-state index contributed by atoms with van der Waals surface area (Å²) in [5, 5.41) is 3.37. The lowest BCUT2D eigenvalue weighted by molar-refractivity contribution is 0.0956. The summed E-state index contributed by atoms with van der Waals surface area (Å²) < 4.78 is 5.81. The number of hydrogen-bond donors (Lipinski definition) is 1. The van der Waals surface area contributed by atoms with Crippen LogP contribution in [0.25, 0.3) is 0 Å². The molecule has 0 aliphatic heterocycles. The van der Waals surface area contributed by atoms with E-state index in [2.05, 4.69) is 17.2 Å². The molecule has 4 heteroatoms. The topological polar surface area (TPSA) is 38.3 Å². The van der Waals surface area contributed by atoms with Crippen LogP contribution >= 0.6 is 11.6 Å². The Bertz CT molecular complexity index is 958. The first kappa shape index (κ1) is 17.6. The van der Waals surface area contributed by atoms with Crippen LogP contribution in [0.1, 0.15) is 15.9 Å². The molecule has 0 unspecified atom stereocenters.